The predicted octanol–water partition coefficient (Wildman–Crippen LogP) is 3.54. The minimum Gasteiger partial charge on any atom is -0.270 e. The number of halogens is 1. The molecular weight excluding hydrogens is 184 g/mol. The summed E-state index contributed by atoms with van der Waals surface area (Å²) in [6.45, 7) is 6.33. The standard InChI is InChI=1S/C10H17ClN2/c1-4-5-8(2)13-7-10(6-12-13)9(3)11/h6-9H,4-5H2,1-3H3. The van der Waals surface area contributed by atoms with Gasteiger partial charge in [-0.1, -0.05) is 13.3 Å². The first-order chi connectivity index (χ1) is 6.15. The van der Waals surface area contributed by atoms with Crippen LogP contribution in [0.4, 0.5) is 0 Å². The van der Waals surface area contributed by atoms with Crippen LogP contribution in [0.5, 0.6) is 0 Å². The zero-order chi connectivity index (χ0) is 9.84. The molecule has 1 rings (SSSR count). The molecule has 0 radical (unpaired) electrons. The molecule has 2 atom stereocenters. The summed E-state index contributed by atoms with van der Waals surface area (Å²) in [7, 11) is 0. The van der Waals surface area contributed by atoms with E-state index in [1.165, 1.54) is 6.42 Å². The summed E-state index contributed by atoms with van der Waals surface area (Å²) in [6, 6.07) is 0.481. The number of hydrogen-bond donors (Lipinski definition) is 0. The Morgan fingerprint density at radius 1 is 1.54 bits per heavy atom. The molecule has 0 N–H and O–H groups in total. The van der Waals surface area contributed by atoms with E-state index in [2.05, 4.69) is 18.9 Å². The summed E-state index contributed by atoms with van der Waals surface area (Å²) in [5.74, 6) is 0. The van der Waals surface area contributed by atoms with E-state index in [4.69, 9.17) is 11.6 Å². The number of nitrogens with zero attached hydrogens (tertiary/aromatic N) is 2. The third-order valence-electron chi connectivity index (χ3n) is 2.24. The van der Waals surface area contributed by atoms with Crippen LogP contribution in [-0.4, -0.2) is 9.78 Å². The summed E-state index contributed by atoms with van der Waals surface area (Å²) in [6.07, 6.45) is 6.24. The maximum absolute atomic E-state index is 5.94. The topological polar surface area (TPSA) is 17.8 Å². The summed E-state index contributed by atoms with van der Waals surface area (Å²) in [4.78, 5) is 0. The van der Waals surface area contributed by atoms with E-state index in [1.54, 1.807) is 0 Å². The van der Waals surface area contributed by atoms with Crippen molar-refractivity contribution in [2.24, 2.45) is 0 Å². The van der Waals surface area contributed by atoms with Crippen LogP contribution in [-0.2, 0) is 0 Å². The van der Waals surface area contributed by atoms with Crippen molar-refractivity contribution >= 4 is 11.6 Å². The van der Waals surface area contributed by atoms with Crippen molar-refractivity contribution in [1.82, 2.24) is 9.78 Å². The van der Waals surface area contributed by atoms with Gasteiger partial charge in [0.25, 0.3) is 0 Å². The van der Waals surface area contributed by atoms with E-state index in [0.29, 0.717) is 6.04 Å². The van der Waals surface area contributed by atoms with Gasteiger partial charge in [0.05, 0.1) is 11.6 Å². The number of aromatic nitrogens is 2. The first-order valence-electron chi connectivity index (χ1n) is 4.83. The molecule has 2 nitrogen and oxygen atoms in total. The molecule has 13 heavy (non-hydrogen) atoms. The fourth-order valence-corrected chi connectivity index (χ4v) is 1.46. The van der Waals surface area contributed by atoms with Crippen molar-refractivity contribution in [3.63, 3.8) is 0 Å². The second kappa shape index (κ2) is 4.66. The normalized spacial score (nSPS) is 15.7. The minimum atomic E-state index is 0.0579. The molecule has 2 unspecified atom stereocenters. The lowest BCUT2D eigenvalue weighted by Gasteiger charge is -2.09. The van der Waals surface area contributed by atoms with Gasteiger partial charge in [-0.15, -0.1) is 11.6 Å². The Balaban J connectivity index is 2.67. The molecule has 3 heteroatoms. The Kier molecular flexibility index (Phi) is 3.79. The average molecular weight is 201 g/mol. The second-order valence-electron chi connectivity index (χ2n) is 3.51. The summed E-state index contributed by atoms with van der Waals surface area (Å²) < 4.78 is 2.00. The Hall–Kier alpha value is -0.500. The van der Waals surface area contributed by atoms with E-state index in [9.17, 15) is 0 Å². The molecule has 0 fully saturated rings. The molecule has 0 aliphatic carbocycles. The molecule has 0 aliphatic rings. The third kappa shape index (κ3) is 2.73. The quantitative estimate of drug-likeness (QED) is 0.680. The Morgan fingerprint density at radius 3 is 2.69 bits per heavy atom. The first-order valence-corrected chi connectivity index (χ1v) is 5.27. The Labute approximate surface area is 84.9 Å². The maximum Gasteiger partial charge on any atom is 0.0588 e. The largest absolute Gasteiger partial charge is 0.270 e. The molecule has 0 bridgehead atoms. The molecule has 74 valence electrons. The first kappa shape index (κ1) is 10.6. The van der Waals surface area contributed by atoms with Crippen molar-refractivity contribution in [3.05, 3.63) is 18.0 Å². The lowest BCUT2D eigenvalue weighted by molar-refractivity contribution is 0.454. The minimum absolute atomic E-state index is 0.0579. The molecular formula is C10H17ClN2. The average Bonchev–Trinajstić information content (AvgIpc) is 2.52. The van der Waals surface area contributed by atoms with E-state index >= 15 is 0 Å². The smallest absolute Gasteiger partial charge is 0.0588 e. The van der Waals surface area contributed by atoms with Gasteiger partial charge in [-0.2, -0.15) is 5.10 Å². The molecule has 1 aromatic heterocycles. The van der Waals surface area contributed by atoms with E-state index < -0.39 is 0 Å². The van der Waals surface area contributed by atoms with Crippen LogP contribution < -0.4 is 0 Å². The summed E-state index contributed by atoms with van der Waals surface area (Å²) >= 11 is 5.94. The fourth-order valence-electron chi connectivity index (χ4n) is 1.35. The zero-order valence-electron chi connectivity index (χ0n) is 8.50. The highest BCUT2D eigenvalue weighted by atomic mass is 35.5. The van der Waals surface area contributed by atoms with Crippen LogP contribution in [0.1, 0.15) is 50.6 Å². The fraction of sp³-hybridized carbons (Fsp3) is 0.700. The van der Waals surface area contributed by atoms with Gasteiger partial charge in [-0.25, -0.2) is 0 Å². The van der Waals surface area contributed by atoms with Crippen LogP contribution in [0.3, 0.4) is 0 Å². The van der Waals surface area contributed by atoms with E-state index in [1.807, 2.05) is 24.0 Å². The lowest BCUT2D eigenvalue weighted by Crippen LogP contribution is -2.04. The monoisotopic (exact) mass is 200 g/mol. The Morgan fingerprint density at radius 2 is 2.23 bits per heavy atom. The van der Waals surface area contributed by atoms with Gasteiger partial charge < -0.3 is 0 Å². The molecule has 0 amide bonds. The molecule has 0 spiro atoms. The Bertz CT molecular complexity index is 255. The van der Waals surface area contributed by atoms with Gasteiger partial charge in [-0.05, 0) is 20.3 Å². The zero-order valence-corrected chi connectivity index (χ0v) is 9.25. The number of rotatable bonds is 4. The highest BCUT2D eigenvalue weighted by Gasteiger charge is 2.08. The van der Waals surface area contributed by atoms with Gasteiger partial charge in [-0.3, -0.25) is 4.68 Å². The molecule has 1 heterocycles. The van der Waals surface area contributed by atoms with Crippen molar-refractivity contribution < 1.29 is 0 Å². The van der Waals surface area contributed by atoms with Gasteiger partial charge >= 0.3 is 0 Å². The van der Waals surface area contributed by atoms with Gasteiger partial charge in [0.2, 0.25) is 0 Å². The molecule has 1 aromatic rings. The van der Waals surface area contributed by atoms with Crippen LogP contribution in [0.2, 0.25) is 0 Å². The maximum atomic E-state index is 5.94. The van der Waals surface area contributed by atoms with E-state index in [-0.39, 0.29) is 5.38 Å². The van der Waals surface area contributed by atoms with E-state index in [0.717, 1.165) is 12.0 Å². The predicted molar refractivity (Wildman–Crippen MR) is 56.1 cm³/mol. The molecule has 0 saturated carbocycles. The third-order valence-corrected chi connectivity index (χ3v) is 2.49. The number of hydrogen-bond acceptors (Lipinski definition) is 1. The summed E-state index contributed by atoms with van der Waals surface area (Å²) in [5, 5.41) is 4.35. The SMILES string of the molecule is CCCC(C)n1cc(C(C)Cl)cn1. The summed E-state index contributed by atoms with van der Waals surface area (Å²) in [5.41, 5.74) is 1.10. The van der Waals surface area contributed by atoms with Crippen LogP contribution >= 0.6 is 11.6 Å². The van der Waals surface area contributed by atoms with Gasteiger partial charge in [0.15, 0.2) is 0 Å². The van der Waals surface area contributed by atoms with Gasteiger partial charge in [0.1, 0.15) is 0 Å². The van der Waals surface area contributed by atoms with Crippen molar-refractivity contribution in [2.75, 3.05) is 0 Å². The molecule has 0 aromatic carbocycles. The highest BCUT2D eigenvalue weighted by Crippen LogP contribution is 2.20. The van der Waals surface area contributed by atoms with Gasteiger partial charge in [0, 0.05) is 17.8 Å². The number of alkyl halides is 1. The van der Waals surface area contributed by atoms with Crippen LogP contribution in [0, 0.1) is 0 Å². The lowest BCUT2D eigenvalue weighted by atomic mass is 10.2. The highest BCUT2D eigenvalue weighted by molar-refractivity contribution is 6.20. The van der Waals surface area contributed by atoms with Crippen LogP contribution in [0.15, 0.2) is 12.4 Å². The van der Waals surface area contributed by atoms with Crippen molar-refractivity contribution in [3.8, 4) is 0 Å². The van der Waals surface area contributed by atoms with Crippen molar-refractivity contribution in [2.45, 2.75) is 45.0 Å². The molecule has 0 saturated heterocycles. The van der Waals surface area contributed by atoms with Crippen LogP contribution in [0.25, 0.3) is 0 Å². The molecule has 0 aliphatic heterocycles. The van der Waals surface area contributed by atoms with Crippen molar-refractivity contribution in [1.29, 1.82) is 0 Å². The second-order valence-corrected chi connectivity index (χ2v) is 4.16.